The number of hydrogen-bond donors (Lipinski definition) is 1. The Morgan fingerprint density at radius 2 is 1.75 bits per heavy atom. The van der Waals surface area contributed by atoms with Crippen LogP contribution in [0.4, 0.5) is 27.6 Å². The summed E-state index contributed by atoms with van der Waals surface area (Å²) in [4.78, 5) is 29.1. The molecule has 1 amide bonds. The second-order valence-corrected chi connectivity index (χ2v) is 9.97. The molecule has 4 rings (SSSR count). The number of ketones is 1. The molecule has 1 N–H and O–H groups in total. The van der Waals surface area contributed by atoms with Crippen LogP contribution >= 0.6 is 34.8 Å². The van der Waals surface area contributed by atoms with Gasteiger partial charge in [0, 0.05) is 28.8 Å². The molecule has 1 aromatic heterocycles. The highest BCUT2D eigenvalue weighted by Crippen LogP contribution is 2.65. The van der Waals surface area contributed by atoms with E-state index in [4.69, 9.17) is 34.8 Å². The average Bonchev–Trinajstić information content (AvgIpc) is 3.38. The number of carbonyl (C=O) groups is 2. The van der Waals surface area contributed by atoms with Crippen LogP contribution in [-0.4, -0.2) is 21.0 Å². The van der Waals surface area contributed by atoms with Crippen molar-refractivity contribution in [3.8, 4) is 0 Å². The Morgan fingerprint density at radius 1 is 1.03 bits per heavy atom. The van der Waals surface area contributed by atoms with Crippen molar-refractivity contribution < 1.29 is 31.5 Å². The minimum atomic E-state index is -2.94. The first-order chi connectivity index (χ1) is 16.9. The molecule has 1 heterocycles. The maximum atomic E-state index is 13.9. The molecule has 1 fully saturated rings. The van der Waals surface area contributed by atoms with Gasteiger partial charge in [-0.2, -0.15) is 0 Å². The van der Waals surface area contributed by atoms with Gasteiger partial charge >= 0.3 is 0 Å². The zero-order valence-electron chi connectivity index (χ0n) is 17.8. The highest BCUT2D eigenvalue weighted by Gasteiger charge is 2.67. The van der Waals surface area contributed by atoms with Crippen molar-refractivity contribution in [3.05, 3.63) is 93.5 Å². The number of anilines is 1. The zero-order chi connectivity index (χ0) is 26.4. The minimum Gasteiger partial charge on any atom is -0.326 e. The highest BCUT2D eigenvalue weighted by atomic mass is 35.5. The van der Waals surface area contributed by atoms with Crippen LogP contribution in [0.5, 0.6) is 0 Å². The maximum Gasteiger partial charge on any atom is 0.263 e. The summed E-state index contributed by atoms with van der Waals surface area (Å²) in [6, 6.07) is 7.22. The van der Waals surface area contributed by atoms with Gasteiger partial charge in [0.2, 0.25) is 5.91 Å². The Kier molecular flexibility index (Phi) is 7.28. The summed E-state index contributed by atoms with van der Waals surface area (Å²) in [7, 11) is 0. The summed E-state index contributed by atoms with van der Waals surface area (Å²) in [5.74, 6) is -6.26. The number of nitrogens with one attached hydrogen (secondary N) is 1. The summed E-state index contributed by atoms with van der Waals surface area (Å²) >= 11 is 18.5. The Balaban J connectivity index is 1.52. The topological polar surface area (TPSA) is 59.1 Å². The van der Waals surface area contributed by atoms with E-state index in [0.717, 1.165) is 18.3 Å². The van der Waals surface area contributed by atoms with Crippen LogP contribution in [0.25, 0.3) is 0 Å². The van der Waals surface area contributed by atoms with Gasteiger partial charge in [0.25, 0.3) is 6.43 Å². The minimum absolute atomic E-state index is 0.00754. The fraction of sp³-hybridized carbons (Fsp3) is 0.208. The number of alkyl halides is 4. The summed E-state index contributed by atoms with van der Waals surface area (Å²) in [5, 5.41) is 2.52. The van der Waals surface area contributed by atoms with E-state index in [2.05, 4.69) is 10.3 Å². The third-order valence-corrected chi connectivity index (χ3v) is 6.91. The third kappa shape index (κ3) is 5.33. The molecular weight excluding hydrogens is 550 g/mol. The molecule has 0 spiro atoms. The first-order valence-electron chi connectivity index (χ1n) is 10.3. The molecule has 0 bridgehead atoms. The summed E-state index contributed by atoms with van der Waals surface area (Å²) in [6.45, 7) is 0. The van der Waals surface area contributed by atoms with Crippen molar-refractivity contribution in [1.29, 1.82) is 0 Å². The molecule has 1 aliphatic carbocycles. The Bertz CT molecular complexity index is 1370. The number of nitrogens with zero attached hydrogens (tertiary/aromatic N) is 1. The molecule has 188 valence electrons. The van der Waals surface area contributed by atoms with Crippen LogP contribution in [0.1, 0.15) is 39.5 Å². The van der Waals surface area contributed by atoms with Crippen molar-refractivity contribution in [3.63, 3.8) is 0 Å². The van der Waals surface area contributed by atoms with E-state index < -0.39 is 63.7 Å². The molecule has 0 saturated heterocycles. The molecule has 36 heavy (non-hydrogen) atoms. The quantitative estimate of drug-likeness (QED) is 0.191. The third-order valence-electron chi connectivity index (χ3n) is 5.64. The predicted octanol–water partition coefficient (Wildman–Crippen LogP) is 7.04. The molecule has 2 aromatic carbocycles. The van der Waals surface area contributed by atoms with E-state index in [1.54, 1.807) is 0 Å². The normalized spacial score (nSPS) is 18.2. The number of halogens is 8. The lowest BCUT2D eigenvalue weighted by Crippen LogP contribution is -2.17. The molecule has 1 saturated carbocycles. The van der Waals surface area contributed by atoms with Crippen molar-refractivity contribution in [1.82, 2.24) is 4.98 Å². The van der Waals surface area contributed by atoms with Gasteiger partial charge in [-0.1, -0.05) is 11.6 Å². The number of Topliss-reactive ketones (excluding diaryl/α,β-unsaturated/α-hetero) is 1. The number of amides is 1. The van der Waals surface area contributed by atoms with E-state index in [-0.39, 0.29) is 27.5 Å². The smallest absolute Gasteiger partial charge is 0.263 e. The first-order valence-corrected chi connectivity index (χ1v) is 11.4. The lowest BCUT2D eigenvalue weighted by Gasteiger charge is -2.09. The molecule has 3 aromatic rings. The number of rotatable bonds is 7. The van der Waals surface area contributed by atoms with Crippen molar-refractivity contribution >= 4 is 52.2 Å². The molecule has 1 aliphatic rings. The van der Waals surface area contributed by atoms with Gasteiger partial charge in [0.05, 0.1) is 29.3 Å². The number of pyridine rings is 1. The van der Waals surface area contributed by atoms with Gasteiger partial charge in [-0.15, -0.1) is 23.2 Å². The Morgan fingerprint density at radius 3 is 2.42 bits per heavy atom. The Labute approximate surface area is 216 Å². The van der Waals surface area contributed by atoms with E-state index in [1.165, 1.54) is 18.2 Å². The fourth-order valence-corrected chi connectivity index (χ4v) is 4.92. The first kappa shape index (κ1) is 26.3. The second-order valence-electron chi connectivity index (χ2n) is 8.11. The number of carbonyl (C=O) groups excluding carboxylic acids is 2. The second kappa shape index (κ2) is 9.95. The van der Waals surface area contributed by atoms with Gasteiger partial charge in [0.15, 0.2) is 5.78 Å². The van der Waals surface area contributed by atoms with Crippen molar-refractivity contribution in [2.75, 3.05) is 5.32 Å². The van der Waals surface area contributed by atoms with E-state index in [1.807, 2.05) is 0 Å². The largest absolute Gasteiger partial charge is 0.326 e. The van der Waals surface area contributed by atoms with Crippen LogP contribution in [0, 0.1) is 23.4 Å². The van der Waals surface area contributed by atoms with Crippen molar-refractivity contribution in [2.24, 2.45) is 5.92 Å². The van der Waals surface area contributed by atoms with Gasteiger partial charge in [0.1, 0.15) is 21.8 Å². The predicted molar refractivity (Wildman–Crippen MR) is 124 cm³/mol. The number of benzene rings is 2. The van der Waals surface area contributed by atoms with Crippen LogP contribution in [0.2, 0.25) is 5.02 Å². The van der Waals surface area contributed by atoms with E-state index >= 15 is 0 Å². The standard InChI is InChI=1S/C24H14Cl3F5N2O2/c25-16-2-1-14(7-15(16)19(35)8-18-17(30)6-13(29)9-33-18)34-23(36)21-20(24(21,26)27)10-3-11(22(31)32)5-12(28)4-10/h1-7,9,20-22H,8H2,(H,34,36). The molecule has 4 nitrogen and oxygen atoms in total. The van der Waals surface area contributed by atoms with Crippen LogP contribution in [-0.2, 0) is 11.2 Å². The molecule has 0 aliphatic heterocycles. The maximum absolute atomic E-state index is 13.9. The summed E-state index contributed by atoms with van der Waals surface area (Å²) in [6.07, 6.45) is -2.69. The molecule has 2 unspecified atom stereocenters. The van der Waals surface area contributed by atoms with Crippen LogP contribution in [0.15, 0.2) is 48.7 Å². The fourth-order valence-electron chi connectivity index (χ4n) is 3.87. The van der Waals surface area contributed by atoms with Crippen LogP contribution < -0.4 is 5.32 Å². The van der Waals surface area contributed by atoms with Gasteiger partial charge < -0.3 is 5.32 Å². The monoisotopic (exact) mass is 562 g/mol. The SMILES string of the molecule is O=C(Cc1ncc(F)cc1F)c1cc(NC(=O)C2C(c3cc(F)cc(C(F)F)c3)C2(Cl)Cl)ccc1Cl. The van der Waals surface area contributed by atoms with E-state index in [0.29, 0.717) is 12.1 Å². The lowest BCUT2D eigenvalue weighted by atomic mass is 10.0. The number of aromatic nitrogens is 1. The van der Waals surface area contributed by atoms with Gasteiger partial charge in [-0.05, 0) is 42.0 Å². The molecule has 2 atom stereocenters. The Hall–Kier alpha value is -2.75. The summed E-state index contributed by atoms with van der Waals surface area (Å²) < 4.78 is 65.2. The molecule has 12 heteroatoms. The van der Waals surface area contributed by atoms with Gasteiger partial charge in [-0.25, -0.2) is 22.0 Å². The van der Waals surface area contributed by atoms with Gasteiger partial charge in [-0.3, -0.25) is 14.6 Å². The average molecular weight is 564 g/mol. The van der Waals surface area contributed by atoms with Crippen LogP contribution in [0.3, 0.4) is 0 Å². The van der Waals surface area contributed by atoms with Crippen molar-refractivity contribution in [2.45, 2.75) is 23.1 Å². The molecular formula is C24H14Cl3F5N2O2. The summed E-state index contributed by atoms with van der Waals surface area (Å²) in [5.41, 5.74) is -0.783. The number of hydrogen-bond acceptors (Lipinski definition) is 3. The molecule has 0 radical (unpaired) electrons. The highest BCUT2D eigenvalue weighted by molar-refractivity contribution is 6.53. The zero-order valence-corrected chi connectivity index (χ0v) is 20.1. The lowest BCUT2D eigenvalue weighted by molar-refractivity contribution is -0.117. The van der Waals surface area contributed by atoms with E-state index in [9.17, 15) is 31.5 Å².